The number of hydrogen-bond donors (Lipinski definition) is 1. The van der Waals surface area contributed by atoms with Crippen LogP contribution in [0.25, 0.3) is 0 Å². The molecule has 2 heteroatoms. The van der Waals surface area contributed by atoms with E-state index in [2.05, 4.69) is 6.92 Å². The van der Waals surface area contributed by atoms with Crippen LogP contribution in [0, 0.1) is 13.8 Å². The number of unbranched alkanes of at least 4 members (excludes halogenated alkanes) is 5. The van der Waals surface area contributed by atoms with Gasteiger partial charge in [0.25, 0.3) is 0 Å². The molecule has 0 saturated heterocycles. The highest BCUT2D eigenvalue weighted by Gasteiger charge is 2.13. The van der Waals surface area contributed by atoms with E-state index in [1.807, 2.05) is 19.9 Å². The molecule has 0 aliphatic carbocycles. The number of benzene rings is 1. The third-order valence-electron chi connectivity index (χ3n) is 3.88. The van der Waals surface area contributed by atoms with E-state index in [0.29, 0.717) is 5.56 Å². The molecule has 0 fully saturated rings. The molecule has 2 nitrogen and oxygen atoms in total. The first-order valence-corrected chi connectivity index (χ1v) is 7.40. The minimum absolute atomic E-state index is 0.483. The lowest BCUT2D eigenvalue weighted by Crippen LogP contribution is -2.06. The number of aryl methyl sites for hydroxylation is 1. The number of carbonyl (C=O) groups is 1. The first kappa shape index (κ1) is 15.7. The van der Waals surface area contributed by atoms with Gasteiger partial charge in [-0.3, -0.25) is 0 Å². The molecule has 0 atom stereocenters. The van der Waals surface area contributed by atoms with Crippen molar-refractivity contribution in [2.24, 2.45) is 0 Å². The summed E-state index contributed by atoms with van der Waals surface area (Å²) >= 11 is 0. The van der Waals surface area contributed by atoms with Crippen LogP contribution in [0.5, 0.6) is 0 Å². The van der Waals surface area contributed by atoms with Gasteiger partial charge in [0.15, 0.2) is 0 Å². The van der Waals surface area contributed by atoms with Gasteiger partial charge in [-0.05, 0) is 49.4 Å². The first-order valence-electron chi connectivity index (χ1n) is 7.40. The Labute approximate surface area is 116 Å². The largest absolute Gasteiger partial charge is 0.478 e. The van der Waals surface area contributed by atoms with E-state index in [9.17, 15) is 9.90 Å². The van der Waals surface area contributed by atoms with Crippen LogP contribution >= 0.6 is 0 Å². The molecule has 106 valence electrons. The quantitative estimate of drug-likeness (QED) is 0.676. The zero-order valence-electron chi connectivity index (χ0n) is 12.5. The smallest absolute Gasteiger partial charge is 0.335 e. The van der Waals surface area contributed by atoms with Crippen LogP contribution in [0.3, 0.4) is 0 Å². The van der Waals surface area contributed by atoms with Gasteiger partial charge in [-0.2, -0.15) is 0 Å². The maximum absolute atomic E-state index is 11.3. The van der Waals surface area contributed by atoms with E-state index in [1.54, 1.807) is 6.07 Å². The van der Waals surface area contributed by atoms with Gasteiger partial charge in [-0.25, -0.2) is 4.79 Å². The van der Waals surface area contributed by atoms with Crippen molar-refractivity contribution in [1.29, 1.82) is 0 Å². The van der Waals surface area contributed by atoms with Crippen LogP contribution in [-0.4, -0.2) is 11.1 Å². The van der Waals surface area contributed by atoms with Gasteiger partial charge in [0, 0.05) is 0 Å². The number of aromatic carboxylic acids is 1. The normalized spacial score (nSPS) is 10.7. The van der Waals surface area contributed by atoms with Gasteiger partial charge in [-0.15, -0.1) is 0 Å². The predicted molar refractivity (Wildman–Crippen MR) is 80.0 cm³/mol. The minimum atomic E-state index is -0.802. The van der Waals surface area contributed by atoms with Crippen molar-refractivity contribution in [2.45, 2.75) is 65.7 Å². The minimum Gasteiger partial charge on any atom is -0.478 e. The summed E-state index contributed by atoms with van der Waals surface area (Å²) in [6, 6.07) is 3.65. The van der Waals surface area contributed by atoms with Gasteiger partial charge < -0.3 is 5.11 Å². The summed E-state index contributed by atoms with van der Waals surface area (Å²) in [5, 5.41) is 9.25. The molecule has 0 radical (unpaired) electrons. The molecule has 0 heterocycles. The maximum atomic E-state index is 11.3. The average Bonchev–Trinajstić information content (AvgIpc) is 2.38. The van der Waals surface area contributed by atoms with Gasteiger partial charge in [-0.1, -0.05) is 45.1 Å². The fraction of sp³-hybridized carbons (Fsp3) is 0.588. The second-order valence-electron chi connectivity index (χ2n) is 5.36. The molecule has 0 spiro atoms. The summed E-state index contributed by atoms with van der Waals surface area (Å²) < 4.78 is 0. The van der Waals surface area contributed by atoms with Crippen LogP contribution in [0.2, 0.25) is 0 Å². The molecule has 0 amide bonds. The van der Waals surface area contributed by atoms with Crippen LogP contribution in [-0.2, 0) is 6.42 Å². The number of rotatable bonds is 8. The Bertz CT molecular complexity index is 422. The summed E-state index contributed by atoms with van der Waals surface area (Å²) in [6.45, 7) is 6.30. The Balaban J connectivity index is 2.61. The molecule has 1 aromatic rings. The summed E-state index contributed by atoms with van der Waals surface area (Å²) in [6.07, 6.45) is 8.32. The summed E-state index contributed by atoms with van der Waals surface area (Å²) in [5.41, 5.74) is 3.85. The van der Waals surface area contributed by atoms with E-state index in [1.165, 1.54) is 37.7 Å². The molecule has 0 unspecified atom stereocenters. The highest BCUT2D eigenvalue weighted by molar-refractivity contribution is 5.90. The number of carboxylic acid groups (broad SMARTS) is 1. The van der Waals surface area contributed by atoms with Crippen LogP contribution in [0.1, 0.15) is 72.5 Å². The van der Waals surface area contributed by atoms with Gasteiger partial charge >= 0.3 is 5.97 Å². The number of hydrogen-bond acceptors (Lipinski definition) is 1. The van der Waals surface area contributed by atoms with E-state index < -0.39 is 5.97 Å². The van der Waals surface area contributed by atoms with Gasteiger partial charge in [0.1, 0.15) is 0 Å². The van der Waals surface area contributed by atoms with Crippen molar-refractivity contribution in [1.82, 2.24) is 0 Å². The molecule has 19 heavy (non-hydrogen) atoms. The van der Waals surface area contributed by atoms with Gasteiger partial charge in [0.05, 0.1) is 5.56 Å². The highest BCUT2D eigenvalue weighted by Crippen LogP contribution is 2.21. The van der Waals surface area contributed by atoms with Crippen molar-refractivity contribution in [2.75, 3.05) is 0 Å². The van der Waals surface area contributed by atoms with Crippen molar-refractivity contribution >= 4 is 5.97 Å². The molecule has 0 aromatic heterocycles. The molecule has 1 rings (SSSR count). The topological polar surface area (TPSA) is 37.3 Å². The second-order valence-corrected chi connectivity index (χ2v) is 5.36. The fourth-order valence-electron chi connectivity index (χ4n) is 2.48. The Morgan fingerprint density at radius 2 is 1.68 bits per heavy atom. The Kier molecular flexibility index (Phi) is 6.61. The molecule has 0 aliphatic rings. The molecular weight excluding hydrogens is 236 g/mol. The first-order chi connectivity index (χ1) is 9.07. The molecule has 0 aliphatic heterocycles. The van der Waals surface area contributed by atoms with E-state index in [-0.39, 0.29) is 0 Å². The van der Waals surface area contributed by atoms with Crippen molar-refractivity contribution < 1.29 is 9.90 Å². The SMILES string of the molecule is CCCCCCCCc1c(C(=O)O)ccc(C)c1C. The average molecular weight is 262 g/mol. The Morgan fingerprint density at radius 3 is 2.32 bits per heavy atom. The van der Waals surface area contributed by atoms with Crippen molar-refractivity contribution in [3.8, 4) is 0 Å². The van der Waals surface area contributed by atoms with E-state index >= 15 is 0 Å². The Morgan fingerprint density at radius 1 is 1.05 bits per heavy atom. The molecule has 1 aromatic carbocycles. The predicted octanol–water partition coefficient (Wildman–Crippen LogP) is 4.90. The molecule has 0 bridgehead atoms. The molecule has 0 saturated carbocycles. The molecular formula is C17H26O2. The van der Waals surface area contributed by atoms with Crippen LogP contribution in [0.15, 0.2) is 12.1 Å². The number of carboxylic acids is 1. The lowest BCUT2D eigenvalue weighted by Gasteiger charge is -2.12. The third-order valence-corrected chi connectivity index (χ3v) is 3.88. The Hall–Kier alpha value is -1.31. The van der Waals surface area contributed by atoms with Gasteiger partial charge in [0.2, 0.25) is 0 Å². The molecule has 1 N–H and O–H groups in total. The summed E-state index contributed by atoms with van der Waals surface area (Å²) in [7, 11) is 0. The fourth-order valence-corrected chi connectivity index (χ4v) is 2.48. The van der Waals surface area contributed by atoms with E-state index in [0.717, 1.165) is 24.0 Å². The lowest BCUT2D eigenvalue weighted by molar-refractivity contribution is 0.0695. The summed E-state index contributed by atoms with van der Waals surface area (Å²) in [5.74, 6) is -0.802. The second kappa shape index (κ2) is 7.98. The highest BCUT2D eigenvalue weighted by atomic mass is 16.4. The van der Waals surface area contributed by atoms with Crippen LogP contribution in [0.4, 0.5) is 0 Å². The third kappa shape index (κ3) is 4.70. The summed E-state index contributed by atoms with van der Waals surface area (Å²) in [4.78, 5) is 11.3. The van der Waals surface area contributed by atoms with E-state index in [4.69, 9.17) is 0 Å². The van der Waals surface area contributed by atoms with Crippen molar-refractivity contribution in [3.63, 3.8) is 0 Å². The monoisotopic (exact) mass is 262 g/mol. The van der Waals surface area contributed by atoms with Crippen molar-refractivity contribution in [3.05, 3.63) is 34.4 Å². The zero-order chi connectivity index (χ0) is 14.3. The lowest BCUT2D eigenvalue weighted by atomic mass is 9.93. The zero-order valence-corrected chi connectivity index (χ0v) is 12.5. The van der Waals surface area contributed by atoms with Crippen LogP contribution < -0.4 is 0 Å². The maximum Gasteiger partial charge on any atom is 0.335 e. The standard InChI is InChI=1S/C17H26O2/c1-4-5-6-7-8-9-10-15-14(3)13(2)11-12-16(15)17(18)19/h11-12H,4-10H2,1-3H3,(H,18,19).